The lowest BCUT2D eigenvalue weighted by molar-refractivity contribution is 0.458. The zero-order valence-electron chi connectivity index (χ0n) is 17.6. The van der Waals surface area contributed by atoms with E-state index in [0.29, 0.717) is 33.7 Å². The molecule has 0 N–H and O–H groups in total. The highest BCUT2D eigenvalue weighted by Gasteiger charge is 2.29. The summed E-state index contributed by atoms with van der Waals surface area (Å²) in [6, 6.07) is 14.7. The molecule has 7 nitrogen and oxygen atoms in total. The molecule has 0 amide bonds. The summed E-state index contributed by atoms with van der Waals surface area (Å²) in [6.07, 6.45) is 0. The second-order valence-corrected chi connectivity index (χ2v) is 9.12. The molecule has 2 aromatic heterocycles. The second-order valence-electron chi connectivity index (χ2n) is 8.25. The summed E-state index contributed by atoms with van der Waals surface area (Å²) in [4.78, 5) is 33.4. The number of imidazole rings is 1. The molecule has 0 aliphatic carbocycles. The molecule has 0 saturated heterocycles. The van der Waals surface area contributed by atoms with E-state index in [-0.39, 0.29) is 18.0 Å². The van der Waals surface area contributed by atoms with Crippen LogP contribution in [0.3, 0.4) is 0 Å². The first-order valence-electron chi connectivity index (χ1n) is 10.3. The first kappa shape index (κ1) is 20.8. The Balaban J connectivity index is 1.72. The lowest BCUT2D eigenvalue weighted by Crippen LogP contribution is -2.40. The second kappa shape index (κ2) is 7.83. The van der Waals surface area contributed by atoms with Gasteiger partial charge >= 0.3 is 5.69 Å². The quantitative estimate of drug-likeness (QED) is 0.454. The number of hydrogen-bond acceptors (Lipinski definition) is 4. The zero-order chi connectivity index (χ0) is 22.6. The molecule has 0 radical (unpaired) electrons. The van der Waals surface area contributed by atoms with E-state index in [4.69, 9.17) is 28.2 Å². The predicted molar refractivity (Wildman–Crippen MR) is 127 cm³/mol. The monoisotopic (exact) mass is 469 g/mol. The standard InChI is InChI=1S/C23H21Cl2N5O2/c1-14-11-28(18-8-6-16(24)7-9-18)22-26-20-19(29(22)12-14)21(31)30(23(32)27(20)2)13-15-4-3-5-17(25)10-15/h3-10,14H,11-13H2,1-2H3/t14-/m0/s1. The molecule has 0 bridgehead atoms. The number of anilines is 2. The maximum Gasteiger partial charge on any atom is 0.332 e. The Morgan fingerprint density at radius 3 is 2.50 bits per heavy atom. The molecular weight excluding hydrogens is 449 g/mol. The molecule has 9 heteroatoms. The van der Waals surface area contributed by atoms with Gasteiger partial charge in [-0.2, -0.15) is 4.98 Å². The van der Waals surface area contributed by atoms with E-state index in [9.17, 15) is 9.59 Å². The minimum Gasteiger partial charge on any atom is -0.312 e. The maximum absolute atomic E-state index is 13.5. The SMILES string of the molecule is C[C@H]1CN(c2ccc(Cl)cc2)c2nc3c(c(=O)n(Cc4cccc(Cl)c4)c(=O)n3C)n2C1. The number of fused-ring (bicyclic) bond motifs is 3. The van der Waals surface area contributed by atoms with Gasteiger partial charge in [0, 0.05) is 35.9 Å². The summed E-state index contributed by atoms with van der Waals surface area (Å²) in [6.45, 7) is 3.65. The van der Waals surface area contributed by atoms with Crippen molar-refractivity contribution in [3.8, 4) is 0 Å². The van der Waals surface area contributed by atoms with Gasteiger partial charge in [-0.25, -0.2) is 4.79 Å². The summed E-state index contributed by atoms with van der Waals surface area (Å²) < 4.78 is 4.61. The summed E-state index contributed by atoms with van der Waals surface area (Å²) in [5.41, 5.74) is 1.75. The van der Waals surface area contributed by atoms with Crippen LogP contribution >= 0.6 is 23.2 Å². The van der Waals surface area contributed by atoms with Crippen molar-refractivity contribution in [2.45, 2.75) is 20.0 Å². The number of benzene rings is 2. The van der Waals surface area contributed by atoms with Crippen molar-refractivity contribution >= 4 is 46.0 Å². The Kier molecular flexibility index (Phi) is 5.10. The highest BCUT2D eigenvalue weighted by molar-refractivity contribution is 6.30. The van der Waals surface area contributed by atoms with Gasteiger partial charge in [-0.1, -0.05) is 42.3 Å². The van der Waals surface area contributed by atoms with Gasteiger partial charge in [0.05, 0.1) is 6.54 Å². The molecule has 4 aromatic rings. The van der Waals surface area contributed by atoms with Gasteiger partial charge in [-0.3, -0.25) is 13.9 Å². The van der Waals surface area contributed by atoms with Crippen LogP contribution in [0, 0.1) is 5.92 Å². The van der Waals surface area contributed by atoms with Crippen LogP contribution in [-0.2, 0) is 20.1 Å². The van der Waals surface area contributed by atoms with E-state index in [0.717, 1.165) is 17.8 Å². The molecular formula is C23H21Cl2N5O2. The molecule has 0 unspecified atom stereocenters. The Labute approximate surface area is 194 Å². The fourth-order valence-corrected chi connectivity index (χ4v) is 4.64. The number of nitrogens with zero attached hydrogens (tertiary/aromatic N) is 5. The number of halogens is 2. The Morgan fingerprint density at radius 1 is 1.03 bits per heavy atom. The molecule has 1 atom stereocenters. The first-order chi connectivity index (χ1) is 15.3. The summed E-state index contributed by atoms with van der Waals surface area (Å²) in [7, 11) is 1.65. The van der Waals surface area contributed by atoms with E-state index in [1.165, 1.54) is 9.13 Å². The molecule has 0 fully saturated rings. The molecule has 0 spiro atoms. The van der Waals surface area contributed by atoms with Crippen LogP contribution in [0.1, 0.15) is 12.5 Å². The van der Waals surface area contributed by atoms with Crippen molar-refractivity contribution in [3.05, 3.63) is 85.0 Å². The van der Waals surface area contributed by atoms with E-state index >= 15 is 0 Å². The maximum atomic E-state index is 13.5. The summed E-state index contributed by atoms with van der Waals surface area (Å²) in [5.74, 6) is 0.918. The van der Waals surface area contributed by atoms with Crippen LogP contribution < -0.4 is 16.1 Å². The van der Waals surface area contributed by atoms with Crippen molar-refractivity contribution in [1.29, 1.82) is 0 Å². The van der Waals surface area contributed by atoms with Gasteiger partial charge in [0.25, 0.3) is 5.56 Å². The highest BCUT2D eigenvalue weighted by Crippen LogP contribution is 2.33. The minimum atomic E-state index is -0.413. The number of aromatic nitrogens is 4. The average Bonchev–Trinajstić information content (AvgIpc) is 3.15. The molecule has 1 aliphatic heterocycles. The average molecular weight is 470 g/mol. The van der Waals surface area contributed by atoms with Crippen LogP contribution in [0.5, 0.6) is 0 Å². The fourth-order valence-electron chi connectivity index (χ4n) is 4.30. The summed E-state index contributed by atoms with van der Waals surface area (Å²) in [5, 5.41) is 1.21. The van der Waals surface area contributed by atoms with Crippen molar-refractivity contribution in [3.63, 3.8) is 0 Å². The largest absolute Gasteiger partial charge is 0.332 e. The predicted octanol–water partition coefficient (Wildman–Crippen LogP) is 4.04. The molecule has 5 rings (SSSR count). The van der Waals surface area contributed by atoms with E-state index in [1.807, 2.05) is 34.9 Å². The topological polar surface area (TPSA) is 65.1 Å². The van der Waals surface area contributed by atoms with Crippen LogP contribution in [0.2, 0.25) is 10.0 Å². The third kappa shape index (κ3) is 3.42. The van der Waals surface area contributed by atoms with Gasteiger partial charge in [-0.05, 0) is 47.9 Å². The normalized spacial score (nSPS) is 15.9. The van der Waals surface area contributed by atoms with Gasteiger partial charge in [-0.15, -0.1) is 0 Å². The number of aryl methyl sites for hydroxylation is 1. The molecule has 164 valence electrons. The van der Waals surface area contributed by atoms with Crippen molar-refractivity contribution in [1.82, 2.24) is 18.7 Å². The Hall–Kier alpha value is -3.03. The van der Waals surface area contributed by atoms with Crippen molar-refractivity contribution in [2.24, 2.45) is 13.0 Å². The molecule has 32 heavy (non-hydrogen) atoms. The van der Waals surface area contributed by atoms with E-state index in [1.54, 1.807) is 25.2 Å². The highest BCUT2D eigenvalue weighted by atomic mass is 35.5. The number of rotatable bonds is 3. The van der Waals surface area contributed by atoms with Crippen LogP contribution in [0.15, 0.2) is 58.1 Å². The fraction of sp³-hybridized carbons (Fsp3) is 0.261. The third-order valence-electron chi connectivity index (χ3n) is 5.81. The van der Waals surface area contributed by atoms with E-state index < -0.39 is 5.69 Å². The summed E-state index contributed by atoms with van der Waals surface area (Å²) >= 11 is 12.2. The first-order valence-corrected chi connectivity index (χ1v) is 11.1. The van der Waals surface area contributed by atoms with Crippen LogP contribution in [-0.4, -0.2) is 25.2 Å². The molecule has 1 aliphatic rings. The molecule has 3 heterocycles. The third-order valence-corrected chi connectivity index (χ3v) is 6.30. The van der Waals surface area contributed by atoms with Gasteiger partial charge in [0.15, 0.2) is 11.2 Å². The zero-order valence-corrected chi connectivity index (χ0v) is 19.1. The number of hydrogen-bond donors (Lipinski definition) is 0. The van der Waals surface area contributed by atoms with Crippen LogP contribution in [0.4, 0.5) is 11.6 Å². The lowest BCUT2D eigenvalue weighted by atomic mass is 10.1. The van der Waals surface area contributed by atoms with Crippen molar-refractivity contribution < 1.29 is 0 Å². The molecule has 2 aromatic carbocycles. The van der Waals surface area contributed by atoms with Crippen LogP contribution in [0.25, 0.3) is 11.2 Å². The Bertz CT molecular complexity index is 1450. The smallest absolute Gasteiger partial charge is 0.312 e. The lowest BCUT2D eigenvalue weighted by Gasteiger charge is -2.33. The van der Waals surface area contributed by atoms with E-state index in [2.05, 4.69) is 11.8 Å². The molecule has 0 saturated carbocycles. The minimum absolute atomic E-state index is 0.138. The van der Waals surface area contributed by atoms with Crippen molar-refractivity contribution in [2.75, 3.05) is 11.4 Å². The van der Waals surface area contributed by atoms with Gasteiger partial charge in [0.2, 0.25) is 5.95 Å². The van der Waals surface area contributed by atoms with Gasteiger partial charge < -0.3 is 9.47 Å². The van der Waals surface area contributed by atoms with Gasteiger partial charge in [0.1, 0.15) is 0 Å². The Morgan fingerprint density at radius 2 is 1.78 bits per heavy atom.